The van der Waals surface area contributed by atoms with Crippen LogP contribution in [0.4, 0.5) is 5.82 Å². The molecule has 2 aliphatic rings. The van der Waals surface area contributed by atoms with Gasteiger partial charge >= 0.3 is 0 Å². The van der Waals surface area contributed by atoms with Crippen LogP contribution in [-0.2, 0) is 9.59 Å². The predicted molar refractivity (Wildman–Crippen MR) is 162 cm³/mol. The third-order valence-electron chi connectivity index (χ3n) is 7.71. The summed E-state index contributed by atoms with van der Waals surface area (Å²) in [7, 11) is 0. The minimum absolute atomic E-state index is 0.00943. The van der Waals surface area contributed by atoms with Crippen molar-refractivity contribution in [3.05, 3.63) is 100 Å². The molecule has 2 aliphatic heterocycles. The standard InChI is InChI=1S/C32H31ClN4O2S/c1-21-9-15-25(16-10-21)37-32-29(30(34-37)23-11-13-24(33)14-12-23)31(26-8-4-3-7-22(26)2)40-20-28(39)36(32)19-27(38)35-17-5-6-18-35/h3-4,7-16,31H,5-6,17-20H2,1-2H3. The molecule has 0 saturated carbocycles. The summed E-state index contributed by atoms with van der Waals surface area (Å²) in [6.45, 7) is 5.61. The summed E-state index contributed by atoms with van der Waals surface area (Å²) in [5.74, 6) is 0.797. The summed E-state index contributed by atoms with van der Waals surface area (Å²) in [5, 5.41) is 5.66. The van der Waals surface area contributed by atoms with E-state index in [2.05, 4.69) is 19.1 Å². The number of aromatic nitrogens is 2. The fourth-order valence-electron chi connectivity index (χ4n) is 5.53. The van der Waals surface area contributed by atoms with Crippen LogP contribution >= 0.6 is 23.4 Å². The molecule has 3 aromatic carbocycles. The number of hydrogen-bond donors (Lipinski definition) is 0. The number of likely N-dealkylation sites (tertiary alicyclic amines) is 1. The summed E-state index contributed by atoms with van der Waals surface area (Å²) in [4.78, 5) is 30.9. The lowest BCUT2D eigenvalue weighted by molar-refractivity contribution is -0.130. The van der Waals surface area contributed by atoms with E-state index in [9.17, 15) is 9.59 Å². The van der Waals surface area contributed by atoms with Crippen molar-refractivity contribution in [1.29, 1.82) is 0 Å². The lowest BCUT2D eigenvalue weighted by Crippen LogP contribution is -2.43. The maximum absolute atomic E-state index is 13.9. The number of anilines is 1. The molecule has 3 heterocycles. The molecule has 204 valence electrons. The number of nitrogens with zero attached hydrogens (tertiary/aromatic N) is 4. The molecule has 0 spiro atoms. The fraction of sp³-hybridized carbons (Fsp3) is 0.281. The number of benzene rings is 3. The topological polar surface area (TPSA) is 58.4 Å². The second-order valence-electron chi connectivity index (χ2n) is 10.5. The SMILES string of the molecule is Cc1ccc(-n2nc(-c3ccc(Cl)cc3)c3c2N(CC(=O)N2CCCC2)C(=O)CSC3c2ccccc2C)cc1. The first-order valence-corrected chi connectivity index (χ1v) is 15.0. The van der Waals surface area contributed by atoms with Crippen molar-refractivity contribution in [2.75, 3.05) is 30.3 Å². The first kappa shape index (κ1) is 26.7. The van der Waals surface area contributed by atoms with Gasteiger partial charge in [0.1, 0.15) is 12.4 Å². The number of hydrogen-bond acceptors (Lipinski definition) is 4. The zero-order valence-corrected chi connectivity index (χ0v) is 24.2. The van der Waals surface area contributed by atoms with Gasteiger partial charge in [0.05, 0.1) is 22.4 Å². The quantitative estimate of drug-likeness (QED) is 0.271. The Labute approximate surface area is 243 Å². The van der Waals surface area contributed by atoms with Crippen LogP contribution in [0.3, 0.4) is 0 Å². The maximum Gasteiger partial charge on any atom is 0.242 e. The summed E-state index contributed by atoms with van der Waals surface area (Å²) < 4.78 is 1.85. The van der Waals surface area contributed by atoms with Crippen LogP contribution in [0.15, 0.2) is 72.8 Å². The summed E-state index contributed by atoms with van der Waals surface area (Å²) in [5.41, 5.74) is 6.86. The second-order valence-corrected chi connectivity index (χ2v) is 12.0. The van der Waals surface area contributed by atoms with E-state index in [1.807, 2.05) is 77.2 Å². The van der Waals surface area contributed by atoms with Crippen molar-refractivity contribution in [2.45, 2.75) is 31.9 Å². The van der Waals surface area contributed by atoms with Gasteiger partial charge < -0.3 is 4.90 Å². The number of amides is 2. The van der Waals surface area contributed by atoms with Crippen molar-refractivity contribution < 1.29 is 9.59 Å². The van der Waals surface area contributed by atoms with E-state index < -0.39 is 0 Å². The maximum atomic E-state index is 13.9. The highest BCUT2D eigenvalue weighted by Gasteiger charge is 2.38. The smallest absolute Gasteiger partial charge is 0.242 e. The summed E-state index contributed by atoms with van der Waals surface area (Å²) in [6.07, 6.45) is 2.00. The summed E-state index contributed by atoms with van der Waals surface area (Å²) >= 11 is 7.86. The van der Waals surface area contributed by atoms with E-state index in [1.54, 1.807) is 16.7 Å². The van der Waals surface area contributed by atoms with E-state index in [-0.39, 0.29) is 29.4 Å². The van der Waals surface area contributed by atoms with Crippen LogP contribution in [0.5, 0.6) is 0 Å². The molecule has 2 amide bonds. The average molecular weight is 571 g/mol. The first-order chi connectivity index (χ1) is 19.4. The van der Waals surface area contributed by atoms with Gasteiger partial charge in [-0.1, -0.05) is 65.7 Å². The number of thioether (sulfide) groups is 1. The Morgan fingerprint density at radius 3 is 2.38 bits per heavy atom. The Hall–Kier alpha value is -3.55. The average Bonchev–Trinajstić information content (AvgIpc) is 3.60. The highest BCUT2D eigenvalue weighted by molar-refractivity contribution is 8.00. The van der Waals surface area contributed by atoms with Gasteiger partial charge in [0, 0.05) is 29.2 Å². The molecule has 1 atom stereocenters. The molecule has 6 rings (SSSR count). The van der Waals surface area contributed by atoms with E-state index in [0.717, 1.165) is 65.1 Å². The zero-order valence-electron chi connectivity index (χ0n) is 22.6. The molecule has 0 N–H and O–H groups in total. The molecule has 1 aromatic heterocycles. The van der Waals surface area contributed by atoms with E-state index >= 15 is 0 Å². The van der Waals surface area contributed by atoms with Crippen LogP contribution < -0.4 is 4.90 Å². The number of carbonyl (C=O) groups is 2. The number of carbonyl (C=O) groups excluding carboxylic acids is 2. The number of halogens is 1. The zero-order chi connectivity index (χ0) is 27.8. The fourth-order valence-corrected chi connectivity index (χ4v) is 6.95. The second kappa shape index (κ2) is 11.1. The molecule has 4 aromatic rings. The third kappa shape index (κ3) is 5.04. The van der Waals surface area contributed by atoms with E-state index in [1.165, 1.54) is 0 Å². The molecule has 1 saturated heterocycles. The van der Waals surface area contributed by atoms with Gasteiger partial charge in [0.25, 0.3) is 0 Å². The molecule has 40 heavy (non-hydrogen) atoms. The van der Waals surface area contributed by atoms with Gasteiger partial charge in [-0.25, -0.2) is 4.68 Å². The Balaban J connectivity index is 1.62. The Kier molecular flexibility index (Phi) is 7.43. The van der Waals surface area contributed by atoms with Crippen LogP contribution in [0.1, 0.15) is 40.3 Å². The molecule has 6 nitrogen and oxygen atoms in total. The van der Waals surface area contributed by atoms with Crippen molar-refractivity contribution >= 4 is 41.0 Å². The third-order valence-corrected chi connectivity index (χ3v) is 9.20. The van der Waals surface area contributed by atoms with Gasteiger partial charge in [0.2, 0.25) is 11.8 Å². The molecule has 0 radical (unpaired) electrons. The van der Waals surface area contributed by atoms with Crippen molar-refractivity contribution in [3.63, 3.8) is 0 Å². The highest BCUT2D eigenvalue weighted by Crippen LogP contribution is 2.49. The number of fused-ring (bicyclic) bond motifs is 1. The largest absolute Gasteiger partial charge is 0.341 e. The van der Waals surface area contributed by atoms with Gasteiger partial charge in [0.15, 0.2) is 0 Å². The van der Waals surface area contributed by atoms with E-state index in [0.29, 0.717) is 10.8 Å². The highest BCUT2D eigenvalue weighted by atomic mass is 35.5. The minimum Gasteiger partial charge on any atom is -0.341 e. The minimum atomic E-state index is -0.156. The molecule has 0 bridgehead atoms. The van der Waals surface area contributed by atoms with Crippen LogP contribution in [0, 0.1) is 13.8 Å². The Morgan fingerprint density at radius 1 is 0.975 bits per heavy atom. The monoisotopic (exact) mass is 570 g/mol. The molecule has 1 fully saturated rings. The van der Waals surface area contributed by atoms with Crippen LogP contribution in [-0.4, -0.2) is 51.9 Å². The van der Waals surface area contributed by atoms with Crippen molar-refractivity contribution in [3.8, 4) is 16.9 Å². The van der Waals surface area contributed by atoms with E-state index in [4.69, 9.17) is 16.7 Å². The normalized spacial score (nSPS) is 17.2. The molecule has 1 unspecified atom stereocenters. The molecule has 0 aliphatic carbocycles. The number of aryl methyl sites for hydroxylation is 2. The van der Waals surface area contributed by atoms with Crippen LogP contribution in [0.2, 0.25) is 5.02 Å². The van der Waals surface area contributed by atoms with Gasteiger partial charge in [-0.3, -0.25) is 14.5 Å². The predicted octanol–water partition coefficient (Wildman–Crippen LogP) is 6.60. The molecular formula is C32H31ClN4O2S. The van der Waals surface area contributed by atoms with Crippen LogP contribution in [0.25, 0.3) is 16.9 Å². The van der Waals surface area contributed by atoms with Crippen molar-refractivity contribution in [2.24, 2.45) is 0 Å². The van der Waals surface area contributed by atoms with Crippen molar-refractivity contribution in [1.82, 2.24) is 14.7 Å². The van der Waals surface area contributed by atoms with Gasteiger partial charge in [-0.2, -0.15) is 5.10 Å². The lowest BCUT2D eigenvalue weighted by Gasteiger charge is -2.25. The Morgan fingerprint density at radius 2 is 1.68 bits per heavy atom. The Bertz CT molecular complexity index is 1560. The molecular weight excluding hydrogens is 540 g/mol. The molecule has 8 heteroatoms. The lowest BCUT2D eigenvalue weighted by atomic mass is 9.96. The number of rotatable bonds is 5. The van der Waals surface area contributed by atoms with Gasteiger partial charge in [-0.15, -0.1) is 11.8 Å². The van der Waals surface area contributed by atoms with Gasteiger partial charge in [-0.05, 0) is 62.1 Å². The summed E-state index contributed by atoms with van der Waals surface area (Å²) in [6, 6.07) is 24.1. The first-order valence-electron chi connectivity index (χ1n) is 13.6.